The van der Waals surface area contributed by atoms with E-state index in [2.05, 4.69) is 34.8 Å². The Bertz CT molecular complexity index is 589. The molecule has 26 heavy (non-hydrogen) atoms. The van der Waals surface area contributed by atoms with Crippen molar-refractivity contribution in [2.45, 2.75) is 84.2 Å². The summed E-state index contributed by atoms with van der Waals surface area (Å²) in [7, 11) is 0. The van der Waals surface area contributed by atoms with E-state index in [9.17, 15) is 4.79 Å². The molecular formula is C21H36N4O. The van der Waals surface area contributed by atoms with Crippen LogP contribution in [0.15, 0.2) is 6.07 Å². The van der Waals surface area contributed by atoms with Crippen LogP contribution in [0, 0.1) is 13.8 Å². The van der Waals surface area contributed by atoms with Gasteiger partial charge in [-0.1, -0.05) is 12.8 Å². The van der Waals surface area contributed by atoms with Crippen molar-refractivity contribution in [2.75, 3.05) is 26.2 Å². The Hall–Kier alpha value is -1.36. The number of hydrogen-bond acceptors (Lipinski definition) is 3. The maximum absolute atomic E-state index is 13.1. The minimum Gasteiger partial charge on any atom is -0.338 e. The molecule has 0 radical (unpaired) electrons. The predicted octanol–water partition coefficient (Wildman–Crippen LogP) is 3.71. The molecule has 3 rings (SSSR count). The third-order valence-corrected chi connectivity index (χ3v) is 6.05. The topological polar surface area (TPSA) is 41.4 Å². The molecule has 0 aromatic carbocycles. The first-order valence-corrected chi connectivity index (χ1v) is 10.6. The average molecular weight is 361 g/mol. The number of carbonyl (C=O) groups is 1. The fraction of sp³-hybridized carbons (Fsp3) is 0.810. The van der Waals surface area contributed by atoms with Gasteiger partial charge in [0.15, 0.2) is 0 Å². The Balaban J connectivity index is 1.60. The summed E-state index contributed by atoms with van der Waals surface area (Å²) in [6.45, 7) is 10.6. The second-order valence-electron chi connectivity index (χ2n) is 8.38. The summed E-state index contributed by atoms with van der Waals surface area (Å²) in [5, 5.41) is 4.57. The van der Waals surface area contributed by atoms with Gasteiger partial charge in [0.1, 0.15) is 0 Å². The van der Waals surface area contributed by atoms with E-state index in [-0.39, 0.29) is 6.04 Å². The van der Waals surface area contributed by atoms with E-state index in [4.69, 9.17) is 0 Å². The van der Waals surface area contributed by atoms with Gasteiger partial charge < -0.3 is 9.80 Å². The molecule has 1 aromatic heterocycles. The molecule has 0 unspecified atom stereocenters. The molecule has 1 aromatic rings. The number of likely N-dealkylation sites (tertiary alicyclic amines) is 2. The number of carbonyl (C=O) groups excluding carboxylic acids is 1. The number of piperidine rings is 1. The standard InChI is InChI=1S/C21H36N4O/c1-17-14-18(2)25(22-17)19(3)15-21(26)24-13-9-6-10-20(24)16-23-11-7-4-5-8-12-23/h14,19-20H,4-13,15-16H2,1-3H3/t19-,20-/m0/s1. The molecule has 2 fully saturated rings. The van der Waals surface area contributed by atoms with E-state index in [0.717, 1.165) is 37.3 Å². The van der Waals surface area contributed by atoms with Crippen LogP contribution >= 0.6 is 0 Å². The number of rotatable bonds is 5. The highest BCUT2D eigenvalue weighted by Gasteiger charge is 2.29. The quantitative estimate of drug-likeness (QED) is 0.804. The summed E-state index contributed by atoms with van der Waals surface area (Å²) in [6, 6.07) is 2.61. The predicted molar refractivity (Wildman–Crippen MR) is 105 cm³/mol. The van der Waals surface area contributed by atoms with Crippen LogP contribution in [0.25, 0.3) is 0 Å². The summed E-state index contributed by atoms with van der Waals surface area (Å²) in [6.07, 6.45) is 9.49. The van der Waals surface area contributed by atoms with Crippen molar-refractivity contribution >= 4 is 5.91 Å². The van der Waals surface area contributed by atoms with Crippen molar-refractivity contribution in [3.05, 3.63) is 17.5 Å². The highest BCUT2D eigenvalue weighted by atomic mass is 16.2. The Kier molecular flexibility index (Phi) is 6.74. The normalized spacial score (nSPS) is 23.7. The molecule has 3 heterocycles. The Morgan fingerprint density at radius 1 is 1.12 bits per heavy atom. The molecular weight excluding hydrogens is 324 g/mol. The molecule has 0 N–H and O–H groups in total. The zero-order chi connectivity index (χ0) is 18.5. The van der Waals surface area contributed by atoms with E-state index in [1.165, 1.54) is 45.2 Å². The molecule has 0 saturated carbocycles. The molecule has 0 bridgehead atoms. The third kappa shape index (κ3) is 4.87. The Morgan fingerprint density at radius 3 is 2.46 bits per heavy atom. The van der Waals surface area contributed by atoms with Gasteiger partial charge in [-0.3, -0.25) is 9.48 Å². The lowest BCUT2D eigenvalue weighted by Gasteiger charge is -2.39. The summed E-state index contributed by atoms with van der Waals surface area (Å²) in [5.41, 5.74) is 2.17. The lowest BCUT2D eigenvalue weighted by Crippen LogP contribution is -2.50. The largest absolute Gasteiger partial charge is 0.338 e. The molecule has 2 aliphatic rings. The molecule has 2 aliphatic heterocycles. The minimum absolute atomic E-state index is 0.122. The first-order valence-electron chi connectivity index (χ1n) is 10.6. The van der Waals surface area contributed by atoms with Gasteiger partial charge >= 0.3 is 0 Å². The first kappa shape index (κ1) is 19.4. The highest BCUT2D eigenvalue weighted by molar-refractivity contribution is 5.77. The van der Waals surface area contributed by atoms with Crippen LogP contribution in [0.4, 0.5) is 0 Å². The molecule has 0 spiro atoms. The fourth-order valence-electron chi connectivity index (χ4n) is 4.68. The SMILES string of the molecule is Cc1cc(C)n([C@@H](C)CC(=O)N2CCCC[C@H]2CN2CCCCCC2)n1. The van der Waals surface area contributed by atoms with Crippen LogP contribution in [0.3, 0.4) is 0 Å². The van der Waals surface area contributed by atoms with Crippen LogP contribution in [-0.4, -0.2) is 57.7 Å². The van der Waals surface area contributed by atoms with E-state index in [0.29, 0.717) is 18.4 Å². The zero-order valence-corrected chi connectivity index (χ0v) is 16.9. The van der Waals surface area contributed by atoms with Crippen molar-refractivity contribution in [3.8, 4) is 0 Å². The van der Waals surface area contributed by atoms with Crippen LogP contribution in [0.5, 0.6) is 0 Å². The zero-order valence-electron chi connectivity index (χ0n) is 16.9. The highest BCUT2D eigenvalue weighted by Crippen LogP contribution is 2.23. The van der Waals surface area contributed by atoms with E-state index < -0.39 is 0 Å². The van der Waals surface area contributed by atoms with E-state index in [1.807, 2.05) is 11.6 Å². The molecule has 5 heteroatoms. The molecule has 2 atom stereocenters. The molecule has 2 saturated heterocycles. The second kappa shape index (κ2) is 9.03. The monoisotopic (exact) mass is 360 g/mol. The number of amides is 1. The van der Waals surface area contributed by atoms with Gasteiger partial charge in [-0.25, -0.2) is 0 Å². The van der Waals surface area contributed by atoms with Crippen molar-refractivity contribution in [3.63, 3.8) is 0 Å². The number of hydrogen-bond donors (Lipinski definition) is 0. The summed E-state index contributed by atoms with van der Waals surface area (Å²) >= 11 is 0. The molecule has 1 amide bonds. The summed E-state index contributed by atoms with van der Waals surface area (Å²) < 4.78 is 2.01. The van der Waals surface area contributed by atoms with Crippen molar-refractivity contribution in [1.29, 1.82) is 0 Å². The maximum Gasteiger partial charge on any atom is 0.225 e. The first-order chi connectivity index (χ1) is 12.5. The molecule has 5 nitrogen and oxygen atoms in total. The van der Waals surface area contributed by atoms with E-state index in [1.54, 1.807) is 0 Å². The Labute approximate surface area is 158 Å². The van der Waals surface area contributed by atoms with Crippen molar-refractivity contribution in [2.24, 2.45) is 0 Å². The van der Waals surface area contributed by atoms with Gasteiger partial charge in [-0.05, 0) is 72.0 Å². The molecule has 146 valence electrons. The molecule has 0 aliphatic carbocycles. The number of aryl methyl sites for hydroxylation is 2. The van der Waals surface area contributed by atoms with Crippen LogP contribution < -0.4 is 0 Å². The van der Waals surface area contributed by atoms with Crippen molar-refractivity contribution < 1.29 is 4.79 Å². The van der Waals surface area contributed by atoms with Crippen LogP contribution in [-0.2, 0) is 4.79 Å². The third-order valence-electron chi connectivity index (χ3n) is 6.05. The number of nitrogens with zero attached hydrogens (tertiary/aromatic N) is 4. The fourth-order valence-corrected chi connectivity index (χ4v) is 4.68. The maximum atomic E-state index is 13.1. The minimum atomic E-state index is 0.122. The van der Waals surface area contributed by atoms with Gasteiger partial charge in [-0.2, -0.15) is 5.10 Å². The smallest absolute Gasteiger partial charge is 0.225 e. The van der Waals surface area contributed by atoms with Gasteiger partial charge in [0.05, 0.1) is 11.7 Å². The van der Waals surface area contributed by atoms with Gasteiger partial charge in [0, 0.05) is 31.2 Å². The van der Waals surface area contributed by atoms with E-state index >= 15 is 0 Å². The lowest BCUT2D eigenvalue weighted by atomic mass is 10.00. The number of aromatic nitrogens is 2. The lowest BCUT2D eigenvalue weighted by molar-refractivity contribution is -0.136. The van der Waals surface area contributed by atoms with Crippen LogP contribution in [0.1, 0.15) is 75.7 Å². The van der Waals surface area contributed by atoms with Crippen molar-refractivity contribution in [1.82, 2.24) is 19.6 Å². The van der Waals surface area contributed by atoms with Crippen LogP contribution in [0.2, 0.25) is 0 Å². The second-order valence-corrected chi connectivity index (χ2v) is 8.38. The Morgan fingerprint density at radius 2 is 1.81 bits per heavy atom. The van der Waals surface area contributed by atoms with Gasteiger partial charge in [0.25, 0.3) is 0 Å². The van der Waals surface area contributed by atoms with Gasteiger partial charge in [0.2, 0.25) is 5.91 Å². The summed E-state index contributed by atoms with van der Waals surface area (Å²) in [4.78, 5) is 17.9. The summed E-state index contributed by atoms with van der Waals surface area (Å²) in [5.74, 6) is 0.310. The average Bonchev–Trinajstić information content (AvgIpc) is 2.81. The van der Waals surface area contributed by atoms with Gasteiger partial charge in [-0.15, -0.1) is 0 Å².